The summed E-state index contributed by atoms with van der Waals surface area (Å²) in [4.78, 5) is 12.5. The number of carbonyl (C=O) groups excluding carboxylic acids is 1. The number of hydrogen-bond donors (Lipinski definition) is 1. The molecule has 0 fully saturated rings. The lowest BCUT2D eigenvalue weighted by Crippen LogP contribution is -2.26. The molecule has 0 saturated carbocycles. The SMILES string of the molecule is C=CCOc1ccc(C(=O)NC(C)c2ccc(C)cc2)cc1OC. The molecule has 0 aromatic heterocycles. The van der Waals surface area contributed by atoms with Crippen molar-refractivity contribution >= 4 is 5.91 Å². The summed E-state index contributed by atoms with van der Waals surface area (Å²) in [6, 6.07) is 13.2. The fourth-order valence-electron chi connectivity index (χ4n) is 2.30. The van der Waals surface area contributed by atoms with E-state index < -0.39 is 0 Å². The first kappa shape index (κ1) is 17.6. The van der Waals surface area contributed by atoms with Crippen molar-refractivity contribution in [2.45, 2.75) is 19.9 Å². The zero-order valence-electron chi connectivity index (χ0n) is 14.3. The fourth-order valence-corrected chi connectivity index (χ4v) is 2.30. The number of rotatable bonds is 7. The molecule has 0 bridgehead atoms. The van der Waals surface area contributed by atoms with E-state index in [0.717, 1.165) is 5.56 Å². The highest BCUT2D eigenvalue weighted by molar-refractivity contribution is 5.95. The van der Waals surface area contributed by atoms with Crippen LogP contribution in [-0.2, 0) is 0 Å². The molecule has 0 spiro atoms. The fraction of sp³-hybridized carbons (Fsp3) is 0.250. The average molecular weight is 325 g/mol. The molecule has 126 valence electrons. The Kier molecular flexibility index (Phi) is 6.01. The van der Waals surface area contributed by atoms with Gasteiger partial charge in [-0.3, -0.25) is 4.79 Å². The summed E-state index contributed by atoms with van der Waals surface area (Å²) >= 11 is 0. The van der Waals surface area contributed by atoms with Gasteiger partial charge in [0, 0.05) is 5.56 Å². The minimum atomic E-state index is -0.156. The van der Waals surface area contributed by atoms with E-state index in [2.05, 4.69) is 11.9 Å². The third-order valence-corrected chi connectivity index (χ3v) is 3.71. The molecule has 1 amide bonds. The van der Waals surface area contributed by atoms with Crippen LogP contribution in [0.3, 0.4) is 0 Å². The van der Waals surface area contributed by atoms with Gasteiger partial charge in [-0.25, -0.2) is 0 Å². The van der Waals surface area contributed by atoms with Crippen molar-refractivity contribution in [1.82, 2.24) is 5.32 Å². The smallest absolute Gasteiger partial charge is 0.251 e. The summed E-state index contributed by atoms with van der Waals surface area (Å²) in [5.41, 5.74) is 2.78. The Hall–Kier alpha value is -2.75. The van der Waals surface area contributed by atoms with Crippen LogP contribution in [0.15, 0.2) is 55.1 Å². The van der Waals surface area contributed by atoms with Crippen molar-refractivity contribution in [2.24, 2.45) is 0 Å². The summed E-state index contributed by atoms with van der Waals surface area (Å²) in [5, 5.41) is 2.99. The standard InChI is InChI=1S/C20H23NO3/c1-5-12-24-18-11-10-17(13-19(18)23-4)20(22)21-15(3)16-8-6-14(2)7-9-16/h5-11,13,15H,1,12H2,2-4H3,(H,21,22). The third-order valence-electron chi connectivity index (χ3n) is 3.71. The molecule has 0 radical (unpaired) electrons. The molecule has 0 heterocycles. The number of hydrogen-bond acceptors (Lipinski definition) is 3. The molecule has 2 aromatic carbocycles. The zero-order chi connectivity index (χ0) is 17.5. The first-order chi connectivity index (χ1) is 11.5. The summed E-state index contributed by atoms with van der Waals surface area (Å²) in [5.74, 6) is 0.949. The van der Waals surface area contributed by atoms with Gasteiger partial charge in [0.15, 0.2) is 11.5 Å². The van der Waals surface area contributed by atoms with Crippen LogP contribution in [-0.4, -0.2) is 19.6 Å². The minimum Gasteiger partial charge on any atom is -0.493 e. The van der Waals surface area contributed by atoms with Crippen molar-refractivity contribution < 1.29 is 14.3 Å². The van der Waals surface area contributed by atoms with E-state index in [9.17, 15) is 4.79 Å². The van der Waals surface area contributed by atoms with Crippen LogP contribution in [0, 0.1) is 6.92 Å². The van der Waals surface area contributed by atoms with Crippen LogP contribution in [0.5, 0.6) is 11.5 Å². The van der Waals surface area contributed by atoms with Gasteiger partial charge >= 0.3 is 0 Å². The number of ether oxygens (including phenoxy) is 2. The first-order valence-corrected chi connectivity index (χ1v) is 7.84. The molecule has 24 heavy (non-hydrogen) atoms. The van der Waals surface area contributed by atoms with E-state index in [1.165, 1.54) is 5.56 Å². The van der Waals surface area contributed by atoms with Gasteiger partial charge in [-0.1, -0.05) is 42.5 Å². The van der Waals surface area contributed by atoms with E-state index in [1.807, 2.05) is 38.1 Å². The van der Waals surface area contributed by atoms with Crippen LogP contribution in [0.2, 0.25) is 0 Å². The van der Waals surface area contributed by atoms with Crippen molar-refractivity contribution in [1.29, 1.82) is 0 Å². The summed E-state index contributed by atoms with van der Waals surface area (Å²) in [6.07, 6.45) is 1.66. The Labute approximate surface area is 143 Å². The Bertz CT molecular complexity index is 707. The molecule has 2 rings (SSSR count). The van der Waals surface area contributed by atoms with E-state index in [1.54, 1.807) is 31.4 Å². The van der Waals surface area contributed by atoms with Gasteiger partial charge in [-0.05, 0) is 37.6 Å². The highest BCUT2D eigenvalue weighted by Gasteiger charge is 2.14. The number of amides is 1. The van der Waals surface area contributed by atoms with E-state index in [4.69, 9.17) is 9.47 Å². The predicted molar refractivity (Wildman–Crippen MR) is 95.7 cm³/mol. The highest BCUT2D eigenvalue weighted by atomic mass is 16.5. The third kappa shape index (κ3) is 4.38. The molecule has 4 nitrogen and oxygen atoms in total. The highest BCUT2D eigenvalue weighted by Crippen LogP contribution is 2.28. The molecule has 1 N–H and O–H groups in total. The van der Waals surface area contributed by atoms with Crippen molar-refractivity contribution in [3.63, 3.8) is 0 Å². The minimum absolute atomic E-state index is 0.0826. The van der Waals surface area contributed by atoms with Crippen LogP contribution < -0.4 is 14.8 Å². The van der Waals surface area contributed by atoms with E-state index >= 15 is 0 Å². The molecule has 0 aliphatic rings. The Morgan fingerprint density at radius 3 is 2.54 bits per heavy atom. The van der Waals surface area contributed by atoms with Gasteiger partial charge < -0.3 is 14.8 Å². The Morgan fingerprint density at radius 1 is 1.21 bits per heavy atom. The van der Waals surface area contributed by atoms with Crippen molar-refractivity contribution in [3.05, 3.63) is 71.8 Å². The average Bonchev–Trinajstić information content (AvgIpc) is 2.60. The maximum absolute atomic E-state index is 12.5. The quantitative estimate of drug-likeness (QED) is 0.781. The second-order valence-corrected chi connectivity index (χ2v) is 5.57. The number of carbonyl (C=O) groups is 1. The monoisotopic (exact) mass is 325 g/mol. The molecule has 1 atom stereocenters. The maximum atomic E-state index is 12.5. The number of methoxy groups -OCH3 is 1. The van der Waals surface area contributed by atoms with Crippen molar-refractivity contribution in [3.8, 4) is 11.5 Å². The molecule has 0 aliphatic carbocycles. The number of nitrogens with one attached hydrogen (secondary N) is 1. The second kappa shape index (κ2) is 8.20. The topological polar surface area (TPSA) is 47.6 Å². The molecule has 2 aromatic rings. The maximum Gasteiger partial charge on any atom is 0.251 e. The Balaban J connectivity index is 2.11. The van der Waals surface area contributed by atoms with Gasteiger partial charge in [0.2, 0.25) is 0 Å². The van der Waals surface area contributed by atoms with Gasteiger partial charge in [0.1, 0.15) is 6.61 Å². The summed E-state index contributed by atoms with van der Waals surface area (Å²) in [7, 11) is 1.55. The van der Waals surface area contributed by atoms with Gasteiger partial charge in [0.25, 0.3) is 5.91 Å². The van der Waals surface area contributed by atoms with Gasteiger partial charge in [-0.2, -0.15) is 0 Å². The molecular formula is C20H23NO3. The molecule has 0 aliphatic heterocycles. The van der Waals surface area contributed by atoms with E-state index in [0.29, 0.717) is 23.7 Å². The molecule has 1 unspecified atom stereocenters. The van der Waals surface area contributed by atoms with Gasteiger partial charge in [0.05, 0.1) is 13.2 Å². The lowest BCUT2D eigenvalue weighted by molar-refractivity contribution is 0.0939. The van der Waals surface area contributed by atoms with Crippen LogP contribution in [0.4, 0.5) is 0 Å². The van der Waals surface area contributed by atoms with E-state index in [-0.39, 0.29) is 11.9 Å². The number of aryl methyl sites for hydroxylation is 1. The molecule has 0 saturated heterocycles. The zero-order valence-corrected chi connectivity index (χ0v) is 14.3. The Morgan fingerprint density at radius 2 is 1.92 bits per heavy atom. The largest absolute Gasteiger partial charge is 0.493 e. The molecule has 4 heteroatoms. The van der Waals surface area contributed by atoms with Crippen LogP contribution in [0.25, 0.3) is 0 Å². The first-order valence-electron chi connectivity index (χ1n) is 7.84. The lowest BCUT2D eigenvalue weighted by atomic mass is 10.1. The van der Waals surface area contributed by atoms with Gasteiger partial charge in [-0.15, -0.1) is 0 Å². The summed E-state index contributed by atoms with van der Waals surface area (Å²) < 4.78 is 10.8. The van der Waals surface area contributed by atoms with Crippen LogP contribution >= 0.6 is 0 Å². The molecular weight excluding hydrogens is 302 g/mol. The van der Waals surface area contributed by atoms with Crippen LogP contribution in [0.1, 0.15) is 34.5 Å². The van der Waals surface area contributed by atoms with Crippen molar-refractivity contribution in [2.75, 3.05) is 13.7 Å². The lowest BCUT2D eigenvalue weighted by Gasteiger charge is -2.16. The number of benzene rings is 2. The predicted octanol–water partition coefficient (Wildman–Crippen LogP) is 4.06. The normalized spacial score (nSPS) is 11.5. The summed E-state index contributed by atoms with van der Waals surface area (Å²) in [6.45, 7) is 7.99. The second-order valence-electron chi connectivity index (χ2n) is 5.57.